The Hall–Kier alpha value is -1.00. The van der Waals surface area contributed by atoms with Gasteiger partial charge in [0.05, 0.1) is 11.8 Å². The van der Waals surface area contributed by atoms with Crippen LogP contribution in [0.5, 0.6) is 0 Å². The van der Waals surface area contributed by atoms with Crippen molar-refractivity contribution in [1.29, 1.82) is 0 Å². The molecule has 2 atom stereocenters. The number of thioether (sulfide) groups is 1. The van der Waals surface area contributed by atoms with Gasteiger partial charge in [-0.25, -0.2) is 0 Å². The van der Waals surface area contributed by atoms with Gasteiger partial charge in [-0.05, 0) is 18.6 Å². The maximum Gasteiger partial charge on any atom is 0.240 e. The van der Waals surface area contributed by atoms with Crippen LogP contribution in [0.15, 0.2) is 29.2 Å². The third-order valence-electron chi connectivity index (χ3n) is 2.59. The zero-order valence-corrected chi connectivity index (χ0v) is 9.96. The van der Waals surface area contributed by atoms with Crippen LogP contribution < -0.4 is 5.32 Å². The molecule has 1 aliphatic heterocycles. The number of nitrogens with one attached hydrogen (secondary N) is 1. The van der Waals surface area contributed by atoms with Crippen molar-refractivity contribution in [3.8, 4) is 0 Å². The van der Waals surface area contributed by atoms with Gasteiger partial charge in [0.25, 0.3) is 0 Å². The van der Waals surface area contributed by atoms with Crippen LogP contribution in [-0.2, 0) is 4.79 Å². The summed E-state index contributed by atoms with van der Waals surface area (Å²) in [5.74, 6) is -0.0929. The lowest BCUT2D eigenvalue weighted by Crippen LogP contribution is -2.38. The summed E-state index contributed by atoms with van der Waals surface area (Å²) in [6.45, 7) is 2.00. The van der Waals surface area contributed by atoms with Gasteiger partial charge in [-0.1, -0.05) is 25.5 Å². The predicted octanol–water partition coefficient (Wildman–Crippen LogP) is 2.26. The second-order valence-electron chi connectivity index (χ2n) is 3.88. The molecular formula is C12H15NO2S. The molecular weight excluding hydrogens is 222 g/mol. The molecule has 1 heterocycles. The molecule has 0 fully saturated rings. The minimum atomic E-state index is -0.566. The normalized spacial score (nSPS) is 21.1. The zero-order chi connectivity index (χ0) is 11.5. The quantitative estimate of drug-likeness (QED) is 0.847. The molecule has 2 N–H and O–H groups in total. The first-order chi connectivity index (χ1) is 7.72. The van der Waals surface area contributed by atoms with Crippen molar-refractivity contribution in [3.05, 3.63) is 24.3 Å². The zero-order valence-electron chi connectivity index (χ0n) is 9.14. The minimum Gasteiger partial charge on any atom is -0.391 e. The molecule has 0 bridgehead atoms. The van der Waals surface area contributed by atoms with Gasteiger partial charge in [0.15, 0.2) is 0 Å². The molecule has 16 heavy (non-hydrogen) atoms. The molecule has 0 aliphatic carbocycles. The molecule has 1 amide bonds. The maximum absolute atomic E-state index is 11.8. The Morgan fingerprint density at radius 1 is 1.50 bits per heavy atom. The van der Waals surface area contributed by atoms with E-state index in [1.54, 1.807) is 0 Å². The van der Waals surface area contributed by atoms with E-state index >= 15 is 0 Å². The number of hydrogen-bond acceptors (Lipinski definition) is 3. The number of aliphatic hydroxyl groups excluding tert-OH is 1. The number of amides is 1. The lowest BCUT2D eigenvalue weighted by molar-refractivity contribution is -0.117. The van der Waals surface area contributed by atoms with Gasteiger partial charge in [0.2, 0.25) is 5.91 Å². The Morgan fingerprint density at radius 2 is 2.25 bits per heavy atom. The monoisotopic (exact) mass is 237 g/mol. The molecule has 3 nitrogen and oxygen atoms in total. The number of para-hydroxylation sites is 1. The fourth-order valence-corrected chi connectivity index (χ4v) is 2.90. The first-order valence-corrected chi connectivity index (χ1v) is 6.35. The molecule has 1 aromatic carbocycles. The van der Waals surface area contributed by atoms with Gasteiger partial charge in [-0.2, -0.15) is 0 Å². The van der Waals surface area contributed by atoms with E-state index < -0.39 is 6.10 Å². The second-order valence-corrected chi connectivity index (χ2v) is 5.06. The predicted molar refractivity (Wildman–Crippen MR) is 65.6 cm³/mol. The topological polar surface area (TPSA) is 49.3 Å². The van der Waals surface area contributed by atoms with Crippen molar-refractivity contribution in [2.24, 2.45) is 0 Å². The summed E-state index contributed by atoms with van der Waals surface area (Å²) in [5, 5.41) is 12.3. The fraction of sp³-hybridized carbons (Fsp3) is 0.417. The van der Waals surface area contributed by atoms with Gasteiger partial charge in [-0.3, -0.25) is 4.79 Å². The van der Waals surface area contributed by atoms with Gasteiger partial charge < -0.3 is 10.4 Å². The maximum atomic E-state index is 11.8. The van der Waals surface area contributed by atoms with Crippen LogP contribution in [0.3, 0.4) is 0 Å². The number of benzene rings is 1. The Balaban J connectivity index is 2.18. The summed E-state index contributed by atoms with van der Waals surface area (Å²) in [7, 11) is 0. The first-order valence-electron chi connectivity index (χ1n) is 5.47. The highest BCUT2D eigenvalue weighted by molar-refractivity contribution is 8.01. The number of fused-ring (bicyclic) bond motifs is 1. The molecule has 0 spiro atoms. The summed E-state index contributed by atoms with van der Waals surface area (Å²) < 4.78 is 0. The SMILES string of the molecule is CCC[C@H](O)[C@@H]1Sc2ccccc2NC1=O. The highest BCUT2D eigenvalue weighted by Crippen LogP contribution is 2.37. The largest absolute Gasteiger partial charge is 0.391 e. The van der Waals surface area contributed by atoms with Crippen LogP contribution >= 0.6 is 11.8 Å². The molecule has 1 aliphatic rings. The minimum absolute atomic E-state index is 0.0929. The average molecular weight is 237 g/mol. The van der Waals surface area contributed by atoms with Gasteiger partial charge >= 0.3 is 0 Å². The highest BCUT2D eigenvalue weighted by atomic mass is 32.2. The molecule has 1 aromatic rings. The molecule has 4 heteroatoms. The Labute approximate surface area is 99.2 Å². The van der Waals surface area contributed by atoms with Crippen molar-refractivity contribution in [2.45, 2.75) is 36.0 Å². The summed E-state index contributed by atoms with van der Waals surface area (Å²) in [6, 6.07) is 7.67. The van der Waals surface area contributed by atoms with E-state index in [2.05, 4.69) is 5.32 Å². The van der Waals surface area contributed by atoms with Crippen molar-refractivity contribution < 1.29 is 9.90 Å². The van der Waals surface area contributed by atoms with E-state index in [0.29, 0.717) is 6.42 Å². The van der Waals surface area contributed by atoms with E-state index in [0.717, 1.165) is 17.0 Å². The van der Waals surface area contributed by atoms with Crippen LogP contribution in [0.1, 0.15) is 19.8 Å². The van der Waals surface area contributed by atoms with Crippen molar-refractivity contribution in [1.82, 2.24) is 0 Å². The molecule has 86 valence electrons. The van der Waals surface area contributed by atoms with E-state index in [1.165, 1.54) is 11.8 Å². The number of rotatable bonds is 3. The summed E-state index contributed by atoms with van der Waals surface area (Å²) in [6.07, 6.45) is 0.976. The molecule has 0 aromatic heterocycles. The smallest absolute Gasteiger partial charge is 0.240 e. The van der Waals surface area contributed by atoms with Crippen molar-refractivity contribution in [2.75, 3.05) is 5.32 Å². The van der Waals surface area contributed by atoms with E-state index in [9.17, 15) is 9.90 Å². The van der Waals surface area contributed by atoms with Gasteiger partial charge in [-0.15, -0.1) is 11.8 Å². The Kier molecular flexibility index (Phi) is 3.51. The molecule has 0 unspecified atom stereocenters. The van der Waals surface area contributed by atoms with Gasteiger partial charge in [0.1, 0.15) is 5.25 Å². The summed E-state index contributed by atoms with van der Waals surface area (Å²) in [4.78, 5) is 12.8. The molecule has 0 radical (unpaired) electrons. The van der Waals surface area contributed by atoms with Gasteiger partial charge in [0, 0.05) is 4.90 Å². The lowest BCUT2D eigenvalue weighted by atomic mass is 10.1. The van der Waals surface area contributed by atoms with Crippen molar-refractivity contribution >= 4 is 23.4 Å². The van der Waals surface area contributed by atoms with E-state index in [1.807, 2.05) is 31.2 Å². The number of carbonyl (C=O) groups excluding carboxylic acids is 1. The number of aliphatic hydroxyl groups is 1. The standard InChI is InChI=1S/C12H15NO2S/c1-2-5-9(14)11-12(15)13-8-6-3-4-7-10(8)16-11/h3-4,6-7,9,11,14H,2,5H2,1H3,(H,13,15)/t9-,11-/m0/s1. The molecule has 2 rings (SSSR count). The van der Waals surface area contributed by atoms with Crippen LogP contribution in [-0.4, -0.2) is 22.4 Å². The highest BCUT2D eigenvalue weighted by Gasteiger charge is 2.31. The number of carbonyl (C=O) groups is 1. The second kappa shape index (κ2) is 4.89. The lowest BCUT2D eigenvalue weighted by Gasteiger charge is -2.27. The van der Waals surface area contributed by atoms with Crippen LogP contribution in [0, 0.1) is 0 Å². The fourth-order valence-electron chi connectivity index (χ4n) is 1.77. The third kappa shape index (κ3) is 2.23. The Morgan fingerprint density at radius 3 is 3.00 bits per heavy atom. The number of anilines is 1. The van der Waals surface area contributed by atoms with Crippen LogP contribution in [0.25, 0.3) is 0 Å². The first kappa shape index (κ1) is 11.5. The van der Waals surface area contributed by atoms with Crippen LogP contribution in [0.4, 0.5) is 5.69 Å². The van der Waals surface area contributed by atoms with Crippen molar-refractivity contribution in [3.63, 3.8) is 0 Å². The molecule has 0 saturated carbocycles. The van der Waals surface area contributed by atoms with E-state index in [-0.39, 0.29) is 11.2 Å². The van der Waals surface area contributed by atoms with Crippen LogP contribution in [0.2, 0.25) is 0 Å². The summed E-state index contributed by atoms with van der Waals surface area (Å²) >= 11 is 1.45. The Bertz CT molecular complexity index is 394. The van der Waals surface area contributed by atoms with E-state index in [4.69, 9.17) is 0 Å². The molecule has 0 saturated heterocycles. The third-order valence-corrected chi connectivity index (χ3v) is 3.98. The number of hydrogen-bond donors (Lipinski definition) is 2. The average Bonchev–Trinajstić information content (AvgIpc) is 2.28. The summed E-state index contributed by atoms with van der Waals surface area (Å²) in [5.41, 5.74) is 0.845.